The molecule has 1 rings (SSSR count). The fraction of sp³-hybridized carbons (Fsp3) is 0.545. The van der Waals surface area contributed by atoms with Crippen LogP contribution in [-0.4, -0.2) is 29.8 Å². The highest BCUT2D eigenvalue weighted by Gasteiger charge is 2.11. The van der Waals surface area contributed by atoms with Crippen LogP contribution in [0.3, 0.4) is 0 Å². The first-order chi connectivity index (χ1) is 7.17. The van der Waals surface area contributed by atoms with Gasteiger partial charge in [-0.05, 0) is 18.1 Å². The van der Waals surface area contributed by atoms with Crippen molar-refractivity contribution in [3.63, 3.8) is 0 Å². The fourth-order valence-electron chi connectivity index (χ4n) is 1.20. The second-order valence-corrected chi connectivity index (χ2v) is 3.76. The summed E-state index contributed by atoms with van der Waals surface area (Å²) in [5, 5.41) is 12.3. The van der Waals surface area contributed by atoms with E-state index in [1.165, 1.54) is 0 Å². The maximum Gasteiger partial charge on any atom is 0.137 e. The summed E-state index contributed by atoms with van der Waals surface area (Å²) in [6.07, 6.45) is 1.65. The van der Waals surface area contributed by atoms with Gasteiger partial charge in [0.25, 0.3) is 0 Å². The van der Waals surface area contributed by atoms with Gasteiger partial charge in [-0.25, -0.2) is 4.98 Å². The van der Waals surface area contributed by atoms with Crippen LogP contribution in [0.15, 0.2) is 18.3 Å². The van der Waals surface area contributed by atoms with Crippen molar-refractivity contribution < 1.29 is 9.84 Å². The predicted molar refractivity (Wildman–Crippen MR) is 60.1 cm³/mol. The quantitative estimate of drug-likeness (QED) is 0.773. The van der Waals surface area contributed by atoms with E-state index in [4.69, 9.17) is 9.84 Å². The molecular formula is C11H18N2O2. The molecule has 0 spiro atoms. The zero-order chi connectivity index (χ0) is 11.3. The van der Waals surface area contributed by atoms with Crippen molar-refractivity contribution >= 4 is 5.82 Å². The number of nitrogens with zero attached hydrogens (tertiary/aromatic N) is 1. The largest absolute Gasteiger partial charge is 0.495 e. The molecule has 0 saturated heterocycles. The van der Waals surface area contributed by atoms with E-state index >= 15 is 0 Å². The number of rotatable bonds is 5. The van der Waals surface area contributed by atoms with Crippen LogP contribution < -0.4 is 10.1 Å². The lowest BCUT2D eigenvalue weighted by molar-refractivity contribution is 0.249. The molecule has 0 aliphatic heterocycles. The Morgan fingerprint density at radius 1 is 1.47 bits per heavy atom. The van der Waals surface area contributed by atoms with E-state index in [9.17, 15) is 0 Å². The topological polar surface area (TPSA) is 54.4 Å². The van der Waals surface area contributed by atoms with Gasteiger partial charge in [0.1, 0.15) is 11.6 Å². The number of methoxy groups -OCH3 is 1. The van der Waals surface area contributed by atoms with Crippen molar-refractivity contribution in [3.05, 3.63) is 18.3 Å². The number of aliphatic hydroxyl groups excluding tert-OH is 1. The summed E-state index contributed by atoms with van der Waals surface area (Å²) in [6, 6.07) is 3.71. The van der Waals surface area contributed by atoms with E-state index in [-0.39, 0.29) is 12.6 Å². The summed E-state index contributed by atoms with van der Waals surface area (Å²) in [5.74, 6) is 1.84. The molecule has 0 saturated carbocycles. The predicted octanol–water partition coefficient (Wildman–Crippen LogP) is 1.52. The second-order valence-electron chi connectivity index (χ2n) is 3.76. The third-order valence-corrected chi connectivity index (χ3v) is 2.31. The van der Waals surface area contributed by atoms with Gasteiger partial charge in [0, 0.05) is 0 Å². The average Bonchev–Trinajstić information content (AvgIpc) is 2.26. The number of pyridine rings is 1. The number of nitrogens with one attached hydrogen (secondary N) is 1. The van der Waals surface area contributed by atoms with Gasteiger partial charge < -0.3 is 15.2 Å². The van der Waals surface area contributed by atoms with Gasteiger partial charge in [0.05, 0.1) is 26.0 Å². The zero-order valence-corrected chi connectivity index (χ0v) is 9.40. The second kappa shape index (κ2) is 5.56. The molecule has 1 heterocycles. The SMILES string of the molecule is COc1ccc(NC(CO)C(C)C)nc1. The maximum atomic E-state index is 9.14. The molecule has 1 aromatic rings. The van der Waals surface area contributed by atoms with Gasteiger partial charge in [0.15, 0.2) is 0 Å². The summed E-state index contributed by atoms with van der Waals surface area (Å²) in [6.45, 7) is 4.21. The minimum absolute atomic E-state index is 0.0332. The number of hydrogen-bond donors (Lipinski definition) is 2. The number of hydrogen-bond acceptors (Lipinski definition) is 4. The monoisotopic (exact) mass is 210 g/mol. The van der Waals surface area contributed by atoms with Gasteiger partial charge >= 0.3 is 0 Å². The van der Waals surface area contributed by atoms with Crippen LogP contribution in [-0.2, 0) is 0 Å². The standard InChI is InChI=1S/C11H18N2O2/c1-8(2)10(7-14)13-11-5-4-9(15-3)6-12-11/h4-6,8,10,14H,7H2,1-3H3,(H,12,13). The highest BCUT2D eigenvalue weighted by atomic mass is 16.5. The Balaban J connectivity index is 2.63. The average molecular weight is 210 g/mol. The molecule has 4 heteroatoms. The van der Waals surface area contributed by atoms with Gasteiger partial charge in [-0.1, -0.05) is 13.8 Å². The van der Waals surface area contributed by atoms with Gasteiger partial charge in [-0.3, -0.25) is 0 Å². The molecule has 0 bridgehead atoms. The van der Waals surface area contributed by atoms with E-state index in [2.05, 4.69) is 24.1 Å². The molecule has 0 radical (unpaired) electrons. The van der Waals surface area contributed by atoms with E-state index < -0.39 is 0 Å². The number of anilines is 1. The van der Waals surface area contributed by atoms with Crippen LogP contribution in [0.5, 0.6) is 5.75 Å². The first-order valence-electron chi connectivity index (χ1n) is 5.04. The Kier molecular flexibility index (Phi) is 4.37. The third kappa shape index (κ3) is 3.40. The van der Waals surface area contributed by atoms with Crippen molar-refractivity contribution in [2.75, 3.05) is 19.0 Å². The molecule has 1 aromatic heterocycles. The lowest BCUT2D eigenvalue weighted by Gasteiger charge is -2.20. The van der Waals surface area contributed by atoms with E-state index in [0.29, 0.717) is 5.92 Å². The van der Waals surface area contributed by atoms with Crippen LogP contribution in [0.4, 0.5) is 5.82 Å². The molecule has 0 aliphatic rings. The first kappa shape index (κ1) is 11.8. The van der Waals surface area contributed by atoms with Gasteiger partial charge in [0.2, 0.25) is 0 Å². The number of aliphatic hydroxyl groups is 1. The minimum atomic E-state index is 0.0332. The molecule has 1 atom stereocenters. The highest BCUT2D eigenvalue weighted by molar-refractivity contribution is 5.38. The lowest BCUT2D eigenvalue weighted by Crippen LogP contribution is -2.29. The lowest BCUT2D eigenvalue weighted by atomic mass is 10.1. The molecule has 4 nitrogen and oxygen atoms in total. The molecule has 0 aromatic carbocycles. The molecule has 0 fully saturated rings. The van der Waals surface area contributed by atoms with Crippen LogP contribution in [0.1, 0.15) is 13.8 Å². The van der Waals surface area contributed by atoms with Crippen LogP contribution in [0.2, 0.25) is 0 Å². The Hall–Kier alpha value is -1.29. The van der Waals surface area contributed by atoms with Crippen molar-refractivity contribution in [1.82, 2.24) is 4.98 Å². The first-order valence-corrected chi connectivity index (χ1v) is 5.04. The van der Waals surface area contributed by atoms with Gasteiger partial charge in [-0.2, -0.15) is 0 Å². The Labute approximate surface area is 90.3 Å². The number of aromatic nitrogens is 1. The van der Waals surface area contributed by atoms with E-state index in [1.807, 2.05) is 12.1 Å². The third-order valence-electron chi connectivity index (χ3n) is 2.31. The normalized spacial score (nSPS) is 12.6. The Morgan fingerprint density at radius 2 is 2.20 bits per heavy atom. The van der Waals surface area contributed by atoms with Crippen molar-refractivity contribution in [1.29, 1.82) is 0 Å². The van der Waals surface area contributed by atoms with Crippen molar-refractivity contribution in [3.8, 4) is 5.75 Å². The van der Waals surface area contributed by atoms with E-state index in [1.54, 1.807) is 13.3 Å². The number of ether oxygens (including phenoxy) is 1. The van der Waals surface area contributed by atoms with E-state index in [0.717, 1.165) is 11.6 Å². The van der Waals surface area contributed by atoms with Crippen LogP contribution in [0, 0.1) is 5.92 Å². The summed E-state index contributed by atoms with van der Waals surface area (Å²) < 4.78 is 5.01. The molecule has 0 amide bonds. The van der Waals surface area contributed by atoms with Crippen molar-refractivity contribution in [2.45, 2.75) is 19.9 Å². The zero-order valence-electron chi connectivity index (χ0n) is 9.40. The Morgan fingerprint density at radius 3 is 2.60 bits per heavy atom. The fourth-order valence-corrected chi connectivity index (χ4v) is 1.20. The van der Waals surface area contributed by atoms with Gasteiger partial charge in [-0.15, -0.1) is 0 Å². The molecule has 15 heavy (non-hydrogen) atoms. The van der Waals surface area contributed by atoms with Crippen LogP contribution >= 0.6 is 0 Å². The summed E-state index contributed by atoms with van der Waals surface area (Å²) >= 11 is 0. The Bertz CT molecular complexity index is 285. The molecule has 0 aliphatic carbocycles. The molecule has 1 unspecified atom stereocenters. The highest BCUT2D eigenvalue weighted by Crippen LogP contribution is 2.14. The molecular weight excluding hydrogens is 192 g/mol. The summed E-state index contributed by atoms with van der Waals surface area (Å²) in [7, 11) is 1.61. The smallest absolute Gasteiger partial charge is 0.137 e. The minimum Gasteiger partial charge on any atom is -0.495 e. The molecule has 2 N–H and O–H groups in total. The molecule has 84 valence electrons. The summed E-state index contributed by atoms with van der Waals surface area (Å²) in [5.41, 5.74) is 0. The van der Waals surface area contributed by atoms with Crippen molar-refractivity contribution in [2.24, 2.45) is 5.92 Å². The summed E-state index contributed by atoms with van der Waals surface area (Å²) in [4.78, 5) is 4.17. The maximum absolute atomic E-state index is 9.14. The van der Waals surface area contributed by atoms with Crippen LogP contribution in [0.25, 0.3) is 0 Å².